The molecule has 0 bridgehead atoms. The SMILES string of the molecule is Cc1ccc(N2C[C@@H](C(=O)O[C@@H](C)C(=O)Nc3cccc(Cl)c3)CC2=O)cc1. The highest BCUT2D eigenvalue weighted by atomic mass is 35.5. The molecule has 0 unspecified atom stereocenters. The zero-order valence-corrected chi connectivity index (χ0v) is 16.4. The average molecular weight is 401 g/mol. The first-order valence-electron chi connectivity index (χ1n) is 8.97. The van der Waals surface area contributed by atoms with E-state index in [0.29, 0.717) is 10.7 Å². The fourth-order valence-electron chi connectivity index (χ4n) is 2.97. The monoisotopic (exact) mass is 400 g/mol. The first-order valence-corrected chi connectivity index (χ1v) is 9.35. The van der Waals surface area contributed by atoms with Crippen LogP contribution in [0.5, 0.6) is 0 Å². The number of carbonyl (C=O) groups is 3. The zero-order chi connectivity index (χ0) is 20.3. The number of nitrogens with one attached hydrogen (secondary N) is 1. The fraction of sp³-hybridized carbons (Fsp3) is 0.286. The first kappa shape index (κ1) is 19.9. The third-order valence-corrected chi connectivity index (χ3v) is 4.79. The van der Waals surface area contributed by atoms with Crippen molar-refractivity contribution in [3.63, 3.8) is 0 Å². The number of esters is 1. The summed E-state index contributed by atoms with van der Waals surface area (Å²) in [5.74, 6) is -1.76. The highest BCUT2D eigenvalue weighted by molar-refractivity contribution is 6.30. The number of amides is 2. The molecule has 6 nitrogen and oxygen atoms in total. The van der Waals surface area contributed by atoms with Crippen molar-refractivity contribution < 1.29 is 19.1 Å². The molecule has 7 heteroatoms. The number of hydrogen-bond donors (Lipinski definition) is 1. The van der Waals surface area contributed by atoms with Gasteiger partial charge in [-0.1, -0.05) is 35.4 Å². The van der Waals surface area contributed by atoms with Crippen LogP contribution in [0.2, 0.25) is 5.02 Å². The molecule has 0 saturated carbocycles. The molecular weight excluding hydrogens is 380 g/mol. The van der Waals surface area contributed by atoms with Crippen molar-refractivity contribution in [3.05, 3.63) is 59.1 Å². The van der Waals surface area contributed by atoms with E-state index in [0.717, 1.165) is 11.3 Å². The van der Waals surface area contributed by atoms with E-state index in [2.05, 4.69) is 5.32 Å². The topological polar surface area (TPSA) is 75.7 Å². The molecule has 28 heavy (non-hydrogen) atoms. The van der Waals surface area contributed by atoms with Gasteiger partial charge in [0.2, 0.25) is 5.91 Å². The number of anilines is 2. The van der Waals surface area contributed by atoms with Crippen LogP contribution in [-0.2, 0) is 19.1 Å². The third kappa shape index (κ3) is 4.70. The molecule has 3 rings (SSSR count). The Morgan fingerprint density at radius 3 is 2.61 bits per heavy atom. The minimum atomic E-state index is -0.991. The molecule has 146 valence electrons. The van der Waals surface area contributed by atoms with Crippen LogP contribution in [0.15, 0.2) is 48.5 Å². The van der Waals surface area contributed by atoms with Gasteiger partial charge in [-0.2, -0.15) is 0 Å². The van der Waals surface area contributed by atoms with Gasteiger partial charge in [0.1, 0.15) is 0 Å². The van der Waals surface area contributed by atoms with E-state index >= 15 is 0 Å². The largest absolute Gasteiger partial charge is 0.452 e. The molecule has 1 aliphatic heterocycles. The van der Waals surface area contributed by atoms with Crippen molar-refractivity contribution in [2.45, 2.75) is 26.4 Å². The maximum atomic E-state index is 12.4. The summed E-state index contributed by atoms with van der Waals surface area (Å²) in [5.41, 5.74) is 2.35. The first-order chi connectivity index (χ1) is 13.3. The summed E-state index contributed by atoms with van der Waals surface area (Å²) in [6.07, 6.45) is -0.926. The Morgan fingerprint density at radius 1 is 1.21 bits per heavy atom. The van der Waals surface area contributed by atoms with Crippen molar-refractivity contribution >= 4 is 40.8 Å². The smallest absolute Gasteiger partial charge is 0.312 e. The van der Waals surface area contributed by atoms with Crippen LogP contribution in [0.1, 0.15) is 18.9 Å². The van der Waals surface area contributed by atoms with Crippen molar-refractivity contribution in [3.8, 4) is 0 Å². The third-order valence-electron chi connectivity index (χ3n) is 4.56. The maximum absolute atomic E-state index is 12.4. The van der Waals surface area contributed by atoms with Crippen LogP contribution in [0, 0.1) is 12.8 Å². The average Bonchev–Trinajstić information content (AvgIpc) is 3.04. The second-order valence-electron chi connectivity index (χ2n) is 6.82. The van der Waals surface area contributed by atoms with E-state index < -0.39 is 23.9 Å². The van der Waals surface area contributed by atoms with Gasteiger partial charge in [-0.3, -0.25) is 14.4 Å². The van der Waals surface area contributed by atoms with E-state index in [4.69, 9.17) is 16.3 Å². The van der Waals surface area contributed by atoms with E-state index in [-0.39, 0.29) is 18.9 Å². The summed E-state index contributed by atoms with van der Waals surface area (Å²) in [7, 11) is 0. The Morgan fingerprint density at radius 2 is 1.93 bits per heavy atom. The normalized spacial score (nSPS) is 17.3. The minimum Gasteiger partial charge on any atom is -0.452 e. The fourth-order valence-corrected chi connectivity index (χ4v) is 3.16. The van der Waals surface area contributed by atoms with Crippen LogP contribution in [-0.4, -0.2) is 30.4 Å². The molecule has 1 saturated heterocycles. The van der Waals surface area contributed by atoms with Crippen LogP contribution in [0.4, 0.5) is 11.4 Å². The van der Waals surface area contributed by atoms with Crippen molar-refractivity contribution in [1.29, 1.82) is 0 Å². The Hall–Kier alpha value is -2.86. The number of nitrogens with zero attached hydrogens (tertiary/aromatic N) is 1. The second-order valence-corrected chi connectivity index (χ2v) is 7.26. The Bertz CT molecular complexity index is 898. The van der Waals surface area contributed by atoms with E-state index in [9.17, 15) is 14.4 Å². The van der Waals surface area contributed by atoms with E-state index in [1.807, 2.05) is 31.2 Å². The standard InChI is InChI=1S/C21H21ClN2O4/c1-13-6-8-18(9-7-13)24-12-15(10-19(24)25)21(27)28-14(2)20(26)23-17-5-3-4-16(22)11-17/h3-9,11,14-15H,10,12H2,1-2H3,(H,23,26)/t14-,15-/m0/s1. The molecule has 0 spiro atoms. The van der Waals surface area contributed by atoms with Gasteiger partial charge in [0.05, 0.1) is 5.92 Å². The number of aryl methyl sites for hydroxylation is 1. The summed E-state index contributed by atoms with van der Waals surface area (Å²) in [6, 6.07) is 14.2. The van der Waals surface area contributed by atoms with Gasteiger partial charge >= 0.3 is 5.97 Å². The van der Waals surface area contributed by atoms with Crippen molar-refractivity contribution in [2.24, 2.45) is 5.92 Å². The minimum absolute atomic E-state index is 0.0648. The molecule has 1 heterocycles. The molecule has 2 atom stereocenters. The number of rotatable bonds is 5. The number of halogens is 1. The van der Waals surface area contributed by atoms with Crippen LogP contribution in [0.3, 0.4) is 0 Å². The predicted molar refractivity (Wildman–Crippen MR) is 107 cm³/mol. The van der Waals surface area contributed by atoms with Crippen molar-refractivity contribution in [1.82, 2.24) is 0 Å². The highest BCUT2D eigenvalue weighted by Crippen LogP contribution is 2.26. The number of benzene rings is 2. The number of hydrogen-bond acceptors (Lipinski definition) is 4. The van der Waals surface area contributed by atoms with Gasteiger partial charge < -0.3 is 15.0 Å². The predicted octanol–water partition coefficient (Wildman–Crippen LogP) is 3.57. The van der Waals surface area contributed by atoms with Gasteiger partial charge in [-0.15, -0.1) is 0 Å². The van der Waals surface area contributed by atoms with Gasteiger partial charge in [-0.05, 0) is 44.2 Å². The van der Waals surface area contributed by atoms with Gasteiger partial charge in [0.25, 0.3) is 5.91 Å². The molecule has 1 fully saturated rings. The van der Waals surface area contributed by atoms with Crippen LogP contribution < -0.4 is 10.2 Å². The summed E-state index contributed by atoms with van der Waals surface area (Å²) in [6.45, 7) is 3.70. The van der Waals surface area contributed by atoms with Crippen LogP contribution >= 0.6 is 11.6 Å². The summed E-state index contributed by atoms with van der Waals surface area (Å²) in [5, 5.41) is 3.14. The molecular formula is C21H21ClN2O4. The van der Waals surface area contributed by atoms with Gasteiger partial charge in [-0.25, -0.2) is 0 Å². The molecule has 2 aromatic rings. The summed E-state index contributed by atoms with van der Waals surface area (Å²) < 4.78 is 5.29. The quantitative estimate of drug-likeness (QED) is 0.778. The molecule has 2 amide bonds. The lowest BCUT2D eigenvalue weighted by atomic mass is 10.1. The van der Waals surface area contributed by atoms with Crippen LogP contribution in [0.25, 0.3) is 0 Å². The lowest BCUT2D eigenvalue weighted by Crippen LogP contribution is -2.33. The number of carbonyl (C=O) groups excluding carboxylic acids is 3. The van der Waals surface area contributed by atoms with E-state index in [1.54, 1.807) is 29.2 Å². The van der Waals surface area contributed by atoms with E-state index in [1.165, 1.54) is 6.92 Å². The highest BCUT2D eigenvalue weighted by Gasteiger charge is 2.37. The summed E-state index contributed by atoms with van der Waals surface area (Å²) in [4.78, 5) is 38.6. The molecule has 0 radical (unpaired) electrons. The lowest BCUT2D eigenvalue weighted by molar-refractivity contribution is -0.157. The second kappa shape index (κ2) is 8.44. The molecule has 0 aromatic heterocycles. The molecule has 1 N–H and O–H groups in total. The Kier molecular flexibility index (Phi) is 5.99. The van der Waals surface area contributed by atoms with Crippen molar-refractivity contribution in [2.75, 3.05) is 16.8 Å². The number of ether oxygens (including phenoxy) is 1. The van der Waals surface area contributed by atoms with Gasteiger partial charge in [0, 0.05) is 29.4 Å². The molecule has 2 aromatic carbocycles. The Labute approximate surface area is 168 Å². The Balaban J connectivity index is 1.57. The summed E-state index contributed by atoms with van der Waals surface area (Å²) >= 11 is 5.89. The molecule has 1 aliphatic rings. The van der Waals surface area contributed by atoms with Gasteiger partial charge in [0.15, 0.2) is 6.10 Å². The maximum Gasteiger partial charge on any atom is 0.312 e. The molecule has 0 aliphatic carbocycles. The zero-order valence-electron chi connectivity index (χ0n) is 15.6. The lowest BCUT2D eigenvalue weighted by Gasteiger charge is -2.18.